The van der Waals surface area contributed by atoms with E-state index in [1.807, 2.05) is 19.1 Å². The minimum absolute atomic E-state index is 0.0128. The zero-order valence-corrected chi connectivity index (χ0v) is 11.7. The van der Waals surface area contributed by atoms with Gasteiger partial charge in [-0.25, -0.2) is 0 Å². The summed E-state index contributed by atoms with van der Waals surface area (Å²) in [5, 5.41) is 0. The largest absolute Gasteiger partial charge is 0.399 e. The highest BCUT2D eigenvalue weighted by molar-refractivity contribution is 5.93. The maximum absolute atomic E-state index is 12.0. The lowest BCUT2D eigenvalue weighted by atomic mass is 10.2. The van der Waals surface area contributed by atoms with Gasteiger partial charge < -0.3 is 15.5 Å². The van der Waals surface area contributed by atoms with Crippen LogP contribution in [0.2, 0.25) is 0 Å². The highest BCUT2D eigenvalue weighted by Crippen LogP contribution is 2.17. The van der Waals surface area contributed by atoms with Gasteiger partial charge in [-0.1, -0.05) is 6.92 Å². The molecule has 1 aromatic rings. The summed E-state index contributed by atoms with van der Waals surface area (Å²) in [6, 6.07) is 7.16. The third-order valence-corrected chi connectivity index (χ3v) is 3.00. The van der Waals surface area contributed by atoms with Crippen LogP contribution in [0, 0.1) is 0 Å². The van der Waals surface area contributed by atoms with Crippen LogP contribution in [0.4, 0.5) is 11.4 Å². The summed E-state index contributed by atoms with van der Waals surface area (Å²) >= 11 is 0. The molecule has 0 saturated heterocycles. The smallest absolute Gasteiger partial charge is 0.226 e. The Labute approximate surface area is 114 Å². The third-order valence-electron chi connectivity index (χ3n) is 3.00. The zero-order chi connectivity index (χ0) is 14.4. The third kappa shape index (κ3) is 4.28. The van der Waals surface area contributed by atoms with Gasteiger partial charge in [0.1, 0.15) is 0 Å². The summed E-state index contributed by atoms with van der Waals surface area (Å²) in [6.07, 6.45) is 0.425. The van der Waals surface area contributed by atoms with E-state index in [2.05, 4.69) is 0 Å². The zero-order valence-electron chi connectivity index (χ0n) is 11.7. The van der Waals surface area contributed by atoms with Crippen molar-refractivity contribution < 1.29 is 9.59 Å². The first-order chi connectivity index (χ1) is 8.95. The molecule has 0 aliphatic carbocycles. The lowest BCUT2D eigenvalue weighted by Gasteiger charge is -2.25. The molecule has 19 heavy (non-hydrogen) atoms. The maximum Gasteiger partial charge on any atom is 0.226 e. The SMILES string of the molecule is CCC(=O)N(CCN(C)C(C)=O)c1ccc(N)cc1. The van der Waals surface area contributed by atoms with Crippen molar-refractivity contribution in [2.24, 2.45) is 0 Å². The normalized spacial score (nSPS) is 10.1. The molecule has 0 aromatic heterocycles. The Morgan fingerprint density at radius 3 is 2.21 bits per heavy atom. The van der Waals surface area contributed by atoms with E-state index in [-0.39, 0.29) is 11.8 Å². The average Bonchev–Trinajstić information content (AvgIpc) is 2.40. The monoisotopic (exact) mass is 263 g/mol. The van der Waals surface area contributed by atoms with Crippen LogP contribution in [0.25, 0.3) is 0 Å². The summed E-state index contributed by atoms with van der Waals surface area (Å²) in [5.41, 5.74) is 7.11. The molecule has 0 fully saturated rings. The minimum atomic E-state index is -0.0128. The number of rotatable bonds is 5. The topological polar surface area (TPSA) is 66.6 Å². The number of likely N-dealkylation sites (N-methyl/N-ethyl adjacent to an activating group) is 1. The van der Waals surface area contributed by atoms with E-state index in [0.717, 1.165) is 5.69 Å². The molecule has 104 valence electrons. The Kier molecular flexibility index (Phi) is 5.36. The van der Waals surface area contributed by atoms with Crippen LogP contribution in [-0.4, -0.2) is 36.9 Å². The highest BCUT2D eigenvalue weighted by Gasteiger charge is 2.15. The molecule has 0 aliphatic rings. The number of anilines is 2. The van der Waals surface area contributed by atoms with Crippen LogP contribution in [0.15, 0.2) is 24.3 Å². The van der Waals surface area contributed by atoms with Gasteiger partial charge in [0, 0.05) is 44.9 Å². The number of carbonyl (C=O) groups is 2. The van der Waals surface area contributed by atoms with Crippen molar-refractivity contribution in [1.82, 2.24) is 4.90 Å². The molecule has 0 unspecified atom stereocenters. The Balaban J connectivity index is 2.81. The number of hydrogen-bond donors (Lipinski definition) is 1. The van der Waals surface area contributed by atoms with E-state index >= 15 is 0 Å². The van der Waals surface area contributed by atoms with Crippen molar-refractivity contribution in [1.29, 1.82) is 0 Å². The molecule has 0 bridgehead atoms. The van der Waals surface area contributed by atoms with E-state index < -0.39 is 0 Å². The molecule has 0 spiro atoms. The van der Waals surface area contributed by atoms with Gasteiger partial charge >= 0.3 is 0 Å². The number of benzene rings is 1. The van der Waals surface area contributed by atoms with Crippen molar-refractivity contribution in [3.05, 3.63) is 24.3 Å². The van der Waals surface area contributed by atoms with E-state index in [9.17, 15) is 9.59 Å². The standard InChI is InChI=1S/C14H21N3O2/c1-4-14(19)17(10-9-16(3)11(2)18)13-7-5-12(15)6-8-13/h5-8H,4,9-10,15H2,1-3H3. The van der Waals surface area contributed by atoms with Gasteiger partial charge in [0.25, 0.3) is 0 Å². The summed E-state index contributed by atoms with van der Waals surface area (Å²) in [6.45, 7) is 4.31. The molecule has 5 heteroatoms. The molecule has 0 aliphatic heterocycles. The second-order valence-corrected chi connectivity index (χ2v) is 4.43. The van der Waals surface area contributed by atoms with Crippen LogP contribution in [-0.2, 0) is 9.59 Å². The van der Waals surface area contributed by atoms with E-state index in [0.29, 0.717) is 25.2 Å². The molecule has 1 rings (SSSR count). The summed E-state index contributed by atoms with van der Waals surface area (Å²) in [4.78, 5) is 26.4. The van der Waals surface area contributed by atoms with E-state index in [4.69, 9.17) is 5.73 Å². The second kappa shape index (κ2) is 6.78. The van der Waals surface area contributed by atoms with Gasteiger partial charge in [-0.15, -0.1) is 0 Å². The molecule has 5 nitrogen and oxygen atoms in total. The van der Waals surface area contributed by atoms with Gasteiger partial charge in [0.15, 0.2) is 0 Å². The first-order valence-corrected chi connectivity index (χ1v) is 6.33. The first kappa shape index (κ1) is 15.0. The van der Waals surface area contributed by atoms with Gasteiger partial charge in [-0.3, -0.25) is 9.59 Å². The predicted octanol–water partition coefficient (Wildman–Crippen LogP) is 1.49. The number of nitrogens with two attached hydrogens (primary N) is 1. The fraction of sp³-hybridized carbons (Fsp3) is 0.429. The second-order valence-electron chi connectivity index (χ2n) is 4.43. The average molecular weight is 263 g/mol. The molecule has 0 heterocycles. The Hall–Kier alpha value is -2.04. The molecule has 2 amide bonds. The van der Waals surface area contributed by atoms with Crippen LogP contribution >= 0.6 is 0 Å². The van der Waals surface area contributed by atoms with Crippen molar-refractivity contribution in [3.63, 3.8) is 0 Å². The molecule has 0 atom stereocenters. The number of nitrogens with zero attached hydrogens (tertiary/aromatic N) is 2. The molecular weight excluding hydrogens is 242 g/mol. The van der Waals surface area contributed by atoms with Gasteiger partial charge in [0.05, 0.1) is 0 Å². The first-order valence-electron chi connectivity index (χ1n) is 6.33. The van der Waals surface area contributed by atoms with Crippen LogP contribution in [0.3, 0.4) is 0 Å². The molecule has 0 saturated carbocycles. The molecule has 1 aromatic carbocycles. The number of hydrogen-bond acceptors (Lipinski definition) is 3. The van der Waals surface area contributed by atoms with E-state index in [1.165, 1.54) is 6.92 Å². The summed E-state index contributed by atoms with van der Waals surface area (Å²) < 4.78 is 0. The Morgan fingerprint density at radius 1 is 1.16 bits per heavy atom. The van der Waals surface area contributed by atoms with Crippen molar-refractivity contribution in [3.8, 4) is 0 Å². The van der Waals surface area contributed by atoms with Gasteiger partial charge in [0.2, 0.25) is 11.8 Å². The fourth-order valence-corrected chi connectivity index (χ4v) is 1.65. The highest BCUT2D eigenvalue weighted by atomic mass is 16.2. The number of amides is 2. The van der Waals surface area contributed by atoms with Crippen LogP contribution in [0.1, 0.15) is 20.3 Å². The lowest BCUT2D eigenvalue weighted by Crippen LogP contribution is -2.38. The van der Waals surface area contributed by atoms with Gasteiger partial charge in [-0.05, 0) is 24.3 Å². The molecular formula is C14H21N3O2. The van der Waals surface area contributed by atoms with Crippen LogP contribution < -0.4 is 10.6 Å². The lowest BCUT2D eigenvalue weighted by molar-refractivity contribution is -0.127. The van der Waals surface area contributed by atoms with Crippen molar-refractivity contribution >= 4 is 23.2 Å². The fourth-order valence-electron chi connectivity index (χ4n) is 1.65. The van der Waals surface area contributed by atoms with Crippen molar-refractivity contribution in [2.45, 2.75) is 20.3 Å². The molecule has 0 radical (unpaired) electrons. The molecule has 2 N–H and O–H groups in total. The van der Waals surface area contributed by atoms with Crippen LogP contribution in [0.5, 0.6) is 0 Å². The Morgan fingerprint density at radius 2 is 1.74 bits per heavy atom. The van der Waals surface area contributed by atoms with Gasteiger partial charge in [-0.2, -0.15) is 0 Å². The summed E-state index contributed by atoms with van der Waals surface area (Å²) in [5.74, 6) is 0.0166. The minimum Gasteiger partial charge on any atom is -0.399 e. The van der Waals surface area contributed by atoms with Crippen molar-refractivity contribution in [2.75, 3.05) is 30.8 Å². The number of carbonyl (C=O) groups excluding carboxylic acids is 2. The quantitative estimate of drug-likeness (QED) is 0.818. The Bertz CT molecular complexity index is 443. The number of nitrogen functional groups attached to an aromatic ring is 1. The predicted molar refractivity (Wildman–Crippen MR) is 76.8 cm³/mol. The maximum atomic E-state index is 12.0. The summed E-state index contributed by atoms with van der Waals surface area (Å²) in [7, 11) is 1.72. The van der Waals surface area contributed by atoms with E-state index in [1.54, 1.807) is 29.0 Å².